The molecule has 6 aliphatic heterocycles. The zero-order valence-electron chi connectivity index (χ0n) is 58.7. The molecule has 24 nitrogen and oxygen atoms in total. The van der Waals surface area contributed by atoms with Crippen molar-refractivity contribution in [3.8, 4) is 0 Å². The standard InChI is InChI=1S/3C26H25N5O3S/c3*1-16-12-21-26(28-16)22(15-19(29-21)14-18-6-4-8-25(27-2)30-18)31-20-10-9-17(23-7-5-11-34-23)13-24(20)35(3,32)33/h3*4,6,8-10,13,15,23H,5,7,11-12,14H2,1,3H3,(H,29,31)/t2*23-;/m10./s1. The van der Waals surface area contributed by atoms with Crippen molar-refractivity contribution < 1.29 is 39.5 Å². The largest absolute Gasteiger partial charge is 0.374 e. The number of anilines is 6. The number of pyridine rings is 6. The summed E-state index contributed by atoms with van der Waals surface area (Å²) in [4.78, 5) is 52.3. The first-order valence-electron chi connectivity index (χ1n) is 34.3. The number of aliphatic imine (C=N–C) groups is 3. The third kappa shape index (κ3) is 17.4. The van der Waals surface area contributed by atoms with Gasteiger partial charge in [-0.1, -0.05) is 56.1 Å². The van der Waals surface area contributed by atoms with Crippen molar-refractivity contribution in [2.75, 3.05) is 54.5 Å². The minimum Gasteiger partial charge on any atom is -0.374 e. The second-order valence-electron chi connectivity index (χ2n) is 26.7. The molecule has 3 N–H and O–H groups in total. The highest BCUT2D eigenvalue weighted by Gasteiger charge is 2.30. The first-order valence-corrected chi connectivity index (χ1v) is 40.0. The molecule has 3 saturated heterocycles. The maximum absolute atomic E-state index is 12.7. The second kappa shape index (κ2) is 30.9. The van der Waals surface area contributed by atoms with Gasteiger partial charge in [0.15, 0.2) is 29.5 Å². The fraction of sp³-hybridized carbons (Fsp3) is 0.308. The number of nitrogens with one attached hydrogen (secondary N) is 3. The van der Waals surface area contributed by atoms with Gasteiger partial charge in [0.25, 0.3) is 17.5 Å². The molecular formula is C78H75N15O9S3. The minimum atomic E-state index is -3.50. The van der Waals surface area contributed by atoms with Crippen LogP contribution in [0.1, 0.15) is 146 Å². The highest BCUT2D eigenvalue weighted by atomic mass is 32.2. The molecule has 27 heteroatoms. The average molecular weight is 1460 g/mol. The molecule has 534 valence electrons. The number of ether oxygens (including phenoxy) is 3. The van der Waals surface area contributed by atoms with E-state index in [1.165, 1.54) is 18.8 Å². The monoisotopic (exact) mass is 1460 g/mol. The molecule has 6 aliphatic rings. The van der Waals surface area contributed by atoms with Crippen LogP contribution in [0.15, 0.2) is 157 Å². The number of hydrogen-bond donors (Lipinski definition) is 3. The molecule has 1 unspecified atom stereocenters. The van der Waals surface area contributed by atoms with Crippen LogP contribution in [0, 0.1) is 19.7 Å². The maximum Gasteiger partial charge on any atom is 0.269 e. The van der Waals surface area contributed by atoms with Crippen LogP contribution in [-0.2, 0) is 82.2 Å². The Kier molecular flexibility index (Phi) is 21.3. The van der Waals surface area contributed by atoms with Crippen molar-refractivity contribution in [1.29, 1.82) is 0 Å². The lowest BCUT2D eigenvalue weighted by Gasteiger charge is -2.17. The summed E-state index contributed by atoms with van der Waals surface area (Å²) in [6.45, 7) is 29.5. The highest BCUT2D eigenvalue weighted by Crippen LogP contribution is 2.44. The summed E-state index contributed by atoms with van der Waals surface area (Å²) >= 11 is 0. The first kappa shape index (κ1) is 72.5. The van der Waals surface area contributed by atoms with Crippen molar-refractivity contribution >= 4 is 115 Å². The SMILES string of the molecule is [C-]#[N+]c1cccc(Cc2cc(Nc3ccc(C4CCCO4)cc3S(C)(=O)=O)c3c(n2)CC(C)=N3)n1.[C-]#[N+]c1cccc(Cc2cc(Nc3ccc([C@@H]4CCCO4)cc3S(C)(=O)=O)c3c(n2)CC(C)=N3)n1.[C-]#[N+]c1cccc(Cc2cc(Nc3ccc([C@H]4CCCO4)cc3S(C)(=O)=O)c3c(n2)CC(C)=N3)n1. The van der Waals surface area contributed by atoms with Gasteiger partial charge in [-0.05, 0) is 167 Å². The third-order valence-corrected chi connectivity index (χ3v) is 21.7. The molecule has 3 aromatic carbocycles. The van der Waals surface area contributed by atoms with Gasteiger partial charge in [-0.3, -0.25) is 29.9 Å². The molecule has 6 aromatic heterocycles. The van der Waals surface area contributed by atoms with Crippen molar-refractivity contribution in [3.05, 3.63) is 230 Å². The summed E-state index contributed by atoms with van der Waals surface area (Å²) in [5, 5.41) is 9.99. The van der Waals surface area contributed by atoms with Crippen molar-refractivity contribution in [1.82, 2.24) is 29.9 Å². The van der Waals surface area contributed by atoms with Crippen molar-refractivity contribution in [2.45, 2.75) is 131 Å². The molecule has 9 aromatic rings. The van der Waals surface area contributed by atoms with E-state index in [2.05, 4.69) is 60.4 Å². The lowest BCUT2D eigenvalue weighted by molar-refractivity contribution is 0.111. The van der Waals surface area contributed by atoms with Crippen LogP contribution >= 0.6 is 0 Å². The van der Waals surface area contributed by atoms with Crippen LogP contribution in [0.3, 0.4) is 0 Å². The Morgan fingerprint density at radius 1 is 0.381 bits per heavy atom. The minimum absolute atomic E-state index is 0.0766. The molecular weight excluding hydrogens is 1390 g/mol. The van der Waals surface area contributed by atoms with Gasteiger partial charge < -0.3 is 44.7 Å². The van der Waals surface area contributed by atoms with Gasteiger partial charge in [0.1, 0.15) is 34.1 Å². The molecule has 0 spiro atoms. The second-order valence-corrected chi connectivity index (χ2v) is 32.7. The Bertz CT molecular complexity index is 4990. The van der Waals surface area contributed by atoms with Crippen LogP contribution < -0.4 is 16.0 Å². The molecule has 0 saturated carbocycles. The molecule has 12 heterocycles. The summed E-state index contributed by atoms with van der Waals surface area (Å²) in [5.74, 6) is 1.01. The van der Waals surface area contributed by atoms with E-state index in [9.17, 15) is 25.3 Å². The van der Waals surface area contributed by atoms with Gasteiger partial charge in [-0.15, -0.1) is 15.0 Å². The smallest absolute Gasteiger partial charge is 0.269 e. The molecule has 0 amide bonds. The van der Waals surface area contributed by atoms with E-state index in [1.807, 2.05) is 93.6 Å². The Hall–Kier alpha value is -10.8. The molecule has 105 heavy (non-hydrogen) atoms. The van der Waals surface area contributed by atoms with E-state index in [0.717, 1.165) is 141 Å². The third-order valence-electron chi connectivity index (χ3n) is 18.3. The zero-order chi connectivity index (χ0) is 73.7. The molecule has 0 aliphatic carbocycles. The topological polar surface area (TPSA) is 294 Å². The highest BCUT2D eigenvalue weighted by molar-refractivity contribution is 7.91. The van der Waals surface area contributed by atoms with E-state index >= 15 is 0 Å². The van der Waals surface area contributed by atoms with E-state index in [4.69, 9.17) is 48.9 Å². The fourth-order valence-electron chi connectivity index (χ4n) is 13.5. The first-order chi connectivity index (χ1) is 50.4. The predicted molar refractivity (Wildman–Crippen MR) is 404 cm³/mol. The normalized spacial score (nSPS) is 17.1. The van der Waals surface area contributed by atoms with Crippen LogP contribution in [0.5, 0.6) is 0 Å². The van der Waals surface area contributed by atoms with E-state index < -0.39 is 29.5 Å². The van der Waals surface area contributed by atoms with Gasteiger partial charge in [-0.2, -0.15) is 0 Å². The van der Waals surface area contributed by atoms with Gasteiger partial charge in [-0.25, -0.2) is 25.3 Å². The maximum atomic E-state index is 12.7. The number of nitrogens with zero attached hydrogens (tertiary/aromatic N) is 12. The van der Waals surface area contributed by atoms with Crippen LogP contribution in [-0.4, -0.2) is 111 Å². The molecule has 3 atom stereocenters. The summed E-state index contributed by atoms with van der Waals surface area (Å²) < 4.78 is 93.6. The number of fused-ring (bicyclic) bond motifs is 3. The average Bonchev–Trinajstić information content (AvgIpc) is 1.23. The lowest BCUT2D eigenvalue weighted by atomic mass is 10.1. The fourth-order valence-corrected chi connectivity index (χ4v) is 16.1. The molecule has 15 rings (SSSR count). The summed E-state index contributed by atoms with van der Waals surface area (Å²) in [5.41, 5.74) is 18.2. The van der Waals surface area contributed by atoms with Crippen molar-refractivity contribution in [2.24, 2.45) is 15.0 Å². The van der Waals surface area contributed by atoms with Gasteiger partial charge >= 0.3 is 0 Å². The zero-order valence-corrected chi connectivity index (χ0v) is 61.2. The van der Waals surface area contributed by atoms with E-state index in [-0.39, 0.29) is 33.0 Å². The summed E-state index contributed by atoms with van der Waals surface area (Å²) in [6.07, 6.45) is 12.2. The van der Waals surface area contributed by atoms with Crippen LogP contribution in [0.25, 0.3) is 14.5 Å². The Balaban J connectivity index is 0.000000140. The molecule has 3 fully saturated rings. The predicted octanol–water partition coefficient (Wildman–Crippen LogP) is 15.8. The van der Waals surface area contributed by atoms with Gasteiger partial charge in [0.05, 0.1) is 121 Å². The lowest BCUT2D eigenvalue weighted by Crippen LogP contribution is -2.07. The quantitative estimate of drug-likeness (QED) is 0.0673. The molecule has 0 bridgehead atoms. The number of sulfone groups is 3. The van der Waals surface area contributed by atoms with Crippen molar-refractivity contribution in [3.63, 3.8) is 0 Å². The van der Waals surface area contributed by atoms with Gasteiger partial charge in [0, 0.05) is 75.0 Å². The molecule has 0 radical (unpaired) electrons. The van der Waals surface area contributed by atoms with E-state index in [0.29, 0.717) is 110 Å². The number of aromatic nitrogens is 6. The Labute approximate surface area is 610 Å². The Morgan fingerprint density at radius 3 is 0.914 bits per heavy atom. The van der Waals surface area contributed by atoms with Gasteiger partial charge in [0.2, 0.25) is 0 Å². The van der Waals surface area contributed by atoms with Crippen LogP contribution in [0.2, 0.25) is 0 Å². The number of hydrogen-bond acceptors (Lipinski definition) is 21. The summed E-state index contributed by atoms with van der Waals surface area (Å²) in [7, 11) is -10.5. The number of rotatable bonds is 18. The van der Waals surface area contributed by atoms with E-state index in [1.54, 1.807) is 54.6 Å². The summed E-state index contributed by atoms with van der Waals surface area (Å²) in [6, 6.07) is 38.0. The Morgan fingerprint density at radius 2 is 0.667 bits per heavy atom. The number of benzene rings is 3. The van der Waals surface area contributed by atoms with Crippen LogP contribution in [0.4, 0.5) is 68.6 Å².